The van der Waals surface area contributed by atoms with E-state index in [0.717, 1.165) is 16.9 Å². The number of aryl methyl sites for hydroxylation is 1. The van der Waals surface area contributed by atoms with E-state index in [0.29, 0.717) is 0 Å². The summed E-state index contributed by atoms with van der Waals surface area (Å²) in [4.78, 5) is 0. The van der Waals surface area contributed by atoms with Gasteiger partial charge in [-0.3, -0.25) is 0 Å². The van der Waals surface area contributed by atoms with Crippen molar-refractivity contribution in [1.82, 2.24) is 0 Å². The summed E-state index contributed by atoms with van der Waals surface area (Å²) in [6.07, 6.45) is -0.540. The van der Waals surface area contributed by atoms with Gasteiger partial charge in [-0.2, -0.15) is 0 Å². The molecule has 0 saturated heterocycles. The van der Waals surface area contributed by atoms with E-state index in [1.807, 2.05) is 25.1 Å². The fourth-order valence-corrected chi connectivity index (χ4v) is 1.41. The predicted molar refractivity (Wildman–Crippen MR) is 63.6 cm³/mol. The highest BCUT2D eigenvalue weighted by molar-refractivity contribution is 5.85. The molecule has 86 valence electrons. The Kier molecular flexibility index (Phi) is 5.65. The minimum absolute atomic E-state index is 0. The smallest absolute Gasteiger partial charge is 0.119 e. The molecular formula is C11H18ClNO2. The zero-order chi connectivity index (χ0) is 10.7. The second-order valence-corrected chi connectivity index (χ2v) is 3.49. The Hall–Kier alpha value is -0.770. The Morgan fingerprint density at radius 3 is 2.40 bits per heavy atom. The van der Waals surface area contributed by atoms with Gasteiger partial charge in [-0.25, -0.2) is 0 Å². The van der Waals surface area contributed by atoms with Gasteiger partial charge in [0.05, 0.1) is 19.3 Å². The molecule has 0 spiro atoms. The lowest BCUT2D eigenvalue weighted by atomic mass is 9.98. The lowest BCUT2D eigenvalue weighted by molar-refractivity contribution is 0.164. The molecule has 1 rings (SSSR count). The van der Waals surface area contributed by atoms with E-state index in [-0.39, 0.29) is 18.4 Å². The zero-order valence-corrected chi connectivity index (χ0v) is 10.0. The van der Waals surface area contributed by atoms with Crippen LogP contribution in [0.3, 0.4) is 0 Å². The molecule has 0 aliphatic rings. The van der Waals surface area contributed by atoms with E-state index in [4.69, 9.17) is 10.5 Å². The summed E-state index contributed by atoms with van der Waals surface area (Å²) in [6, 6.07) is 5.33. The molecule has 0 bridgehead atoms. The average Bonchev–Trinajstić information content (AvgIpc) is 2.16. The molecule has 0 aliphatic heterocycles. The van der Waals surface area contributed by atoms with Crippen molar-refractivity contribution in [1.29, 1.82) is 0 Å². The molecule has 0 amide bonds. The van der Waals surface area contributed by atoms with Gasteiger partial charge in [-0.15, -0.1) is 12.4 Å². The Bertz CT molecular complexity index is 315. The highest BCUT2D eigenvalue weighted by atomic mass is 35.5. The number of hydrogen-bond donors (Lipinski definition) is 2. The third-order valence-electron chi connectivity index (χ3n) is 2.36. The van der Waals surface area contributed by atoms with Gasteiger partial charge in [0.2, 0.25) is 0 Å². The number of methoxy groups -OCH3 is 1. The van der Waals surface area contributed by atoms with Crippen LogP contribution < -0.4 is 10.5 Å². The maximum absolute atomic E-state index is 9.37. The normalized spacial score (nSPS) is 13.9. The highest BCUT2D eigenvalue weighted by Crippen LogP contribution is 2.22. The van der Waals surface area contributed by atoms with Gasteiger partial charge >= 0.3 is 0 Å². The lowest BCUT2D eigenvalue weighted by Gasteiger charge is -2.17. The van der Waals surface area contributed by atoms with Gasteiger partial charge in [0.15, 0.2) is 0 Å². The van der Waals surface area contributed by atoms with Crippen LogP contribution >= 0.6 is 12.4 Å². The number of rotatable bonds is 3. The molecule has 3 N–H and O–H groups in total. The first-order valence-electron chi connectivity index (χ1n) is 4.64. The Morgan fingerprint density at radius 2 is 2.00 bits per heavy atom. The zero-order valence-electron chi connectivity index (χ0n) is 9.23. The molecule has 0 heterocycles. The van der Waals surface area contributed by atoms with E-state index >= 15 is 0 Å². The molecule has 4 heteroatoms. The van der Waals surface area contributed by atoms with Crippen LogP contribution in [0.15, 0.2) is 18.2 Å². The first-order chi connectivity index (χ1) is 6.56. The number of aliphatic hydroxyl groups is 1. The lowest BCUT2D eigenvalue weighted by Crippen LogP contribution is -2.23. The Balaban J connectivity index is 0.00000196. The Labute approximate surface area is 96.7 Å². The van der Waals surface area contributed by atoms with Crippen molar-refractivity contribution in [2.45, 2.75) is 26.0 Å². The third-order valence-corrected chi connectivity index (χ3v) is 2.36. The van der Waals surface area contributed by atoms with Gasteiger partial charge in [-0.05, 0) is 37.1 Å². The van der Waals surface area contributed by atoms with Crippen molar-refractivity contribution >= 4 is 12.4 Å². The molecular weight excluding hydrogens is 214 g/mol. The second kappa shape index (κ2) is 5.95. The number of hydrogen-bond acceptors (Lipinski definition) is 3. The molecule has 0 aromatic heterocycles. The van der Waals surface area contributed by atoms with Crippen LogP contribution in [-0.2, 0) is 0 Å². The summed E-state index contributed by atoms with van der Waals surface area (Å²) in [5.41, 5.74) is 7.84. The molecule has 0 aliphatic carbocycles. The van der Waals surface area contributed by atoms with Crippen LogP contribution in [0.1, 0.15) is 24.1 Å². The van der Waals surface area contributed by atoms with Gasteiger partial charge in [0, 0.05) is 0 Å². The average molecular weight is 232 g/mol. The SMILES string of the molecule is COc1ccc([C@H](N)[C@@H](C)O)c(C)c1.Cl. The molecule has 1 aromatic rings. The van der Waals surface area contributed by atoms with Crippen molar-refractivity contribution in [2.75, 3.05) is 7.11 Å². The van der Waals surface area contributed by atoms with Gasteiger partial charge < -0.3 is 15.6 Å². The molecule has 3 nitrogen and oxygen atoms in total. The quantitative estimate of drug-likeness (QED) is 0.834. The number of ether oxygens (including phenoxy) is 1. The number of aliphatic hydroxyl groups excluding tert-OH is 1. The van der Waals surface area contributed by atoms with E-state index in [1.165, 1.54) is 0 Å². The first-order valence-corrected chi connectivity index (χ1v) is 4.64. The van der Waals surface area contributed by atoms with Crippen LogP contribution in [0.5, 0.6) is 5.75 Å². The molecule has 15 heavy (non-hydrogen) atoms. The largest absolute Gasteiger partial charge is 0.497 e. The van der Waals surface area contributed by atoms with Crippen molar-refractivity contribution in [3.8, 4) is 5.75 Å². The maximum atomic E-state index is 9.37. The summed E-state index contributed by atoms with van der Waals surface area (Å²) < 4.78 is 5.09. The van der Waals surface area contributed by atoms with E-state index in [1.54, 1.807) is 14.0 Å². The summed E-state index contributed by atoms with van der Waals surface area (Å²) >= 11 is 0. The van der Waals surface area contributed by atoms with E-state index < -0.39 is 6.10 Å². The summed E-state index contributed by atoms with van der Waals surface area (Å²) in [5, 5.41) is 9.37. The van der Waals surface area contributed by atoms with Gasteiger partial charge in [0.1, 0.15) is 5.75 Å². The molecule has 1 aromatic carbocycles. The monoisotopic (exact) mass is 231 g/mol. The summed E-state index contributed by atoms with van der Waals surface area (Å²) in [6.45, 7) is 3.65. The fraction of sp³-hybridized carbons (Fsp3) is 0.455. The molecule has 0 saturated carbocycles. The summed E-state index contributed by atoms with van der Waals surface area (Å²) in [5.74, 6) is 0.809. The molecule has 0 fully saturated rings. The van der Waals surface area contributed by atoms with Crippen molar-refractivity contribution in [2.24, 2.45) is 5.73 Å². The topological polar surface area (TPSA) is 55.5 Å². The predicted octanol–water partition coefficient (Wildman–Crippen LogP) is 1.81. The van der Waals surface area contributed by atoms with Crippen LogP contribution in [0.25, 0.3) is 0 Å². The van der Waals surface area contributed by atoms with Crippen LogP contribution in [-0.4, -0.2) is 18.3 Å². The number of halogens is 1. The Morgan fingerprint density at radius 1 is 1.40 bits per heavy atom. The highest BCUT2D eigenvalue weighted by Gasteiger charge is 2.14. The van der Waals surface area contributed by atoms with Crippen LogP contribution in [0.4, 0.5) is 0 Å². The van der Waals surface area contributed by atoms with Crippen molar-refractivity contribution in [3.63, 3.8) is 0 Å². The maximum Gasteiger partial charge on any atom is 0.119 e. The fourth-order valence-electron chi connectivity index (χ4n) is 1.41. The standard InChI is InChI=1S/C11H17NO2.ClH/c1-7-6-9(14-3)4-5-10(7)11(12)8(2)13;/h4-6,8,11,13H,12H2,1-3H3;1H/t8-,11-;/m1./s1. The second-order valence-electron chi connectivity index (χ2n) is 3.49. The minimum atomic E-state index is -0.540. The van der Waals surface area contributed by atoms with Gasteiger partial charge in [0.25, 0.3) is 0 Å². The molecule has 0 unspecified atom stereocenters. The van der Waals surface area contributed by atoms with Crippen LogP contribution in [0, 0.1) is 6.92 Å². The third kappa shape index (κ3) is 3.38. The van der Waals surface area contributed by atoms with Gasteiger partial charge in [-0.1, -0.05) is 6.07 Å². The molecule has 2 atom stereocenters. The number of benzene rings is 1. The first kappa shape index (κ1) is 14.2. The van der Waals surface area contributed by atoms with Crippen molar-refractivity contribution in [3.05, 3.63) is 29.3 Å². The van der Waals surface area contributed by atoms with Crippen molar-refractivity contribution < 1.29 is 9.84 Å². The van der Waals surface area contributed by atoms with Crippen LogP contribution in [0.2, 0.25) is 0 Å². The summed E-state index contributed by atoms with van der Waals surface area (Å²) in [7, 11) is 1.63. The number of nitrogens with two attached hydrogens (primary N) is 1. The molecule has 0 radical (unpaired) electrons. The van der Waals surface area contributed by atoms with E-state index in [2.05, 4.69) is 0 Å². The van der Waals surface area contributed by atoms with E-state index in [9.17, 15) is 5.11 Å². The minimum Gasteiger partial charge on any atom is -0.497 e.